The van der Waals surface area contributed by atoms with Crippen molar-refractivity contribution in [2.75, 3.05) is 13.2 Å². The minimum absolute atomic E-state index is 0.813. The normalized spacial score (nSPS) is 14.6. The molecule has 0 radical (unpaired) electrons. The van der Waals surface area contributed by atoms with Crippen LogP contribution in [0.25, 0.3) is 0 Å². The van der Waals surface area contributed by atoms with Crippen LogP contribution in [0.3, 0.4) is 0 Å². The molecule has 1 rings (SSSR count). The molecular formula is C16H31NO. The number of nitrogens with zero attached hydrogens (tertiary/aromatic N) is 1. The Morgan fingerprint density at radius 3 is 1.89 bits per heavy atom. The molecular weight excluding hydrogens is 222 g/mol. The molecule has 1 aliphatic heterocycles. The lowest BCUT2D eigenvalue weighted by molar-refractivity contribution is 0.336. The fourth-order valence-electron chi connectivity index (χ4n) is 2.47. The molecule has 0 fully saturated rings. The molecule has 2 nitrogen and oxygen atoms in total. The molecule has 0 spiro atoms. The summed E-state index contributed by atoms with van der Waals surface area (Å²) in [5.74, 6) is 1.01. The third-order valence-corrected chi connectivity index (χ3v) is 3.64. The number of hydrogen-bond acceptors (Lipinski definition) is 2. The Labute approximate surface area is 113 Å². The van der Waals surface area contributed by atoms with Crippen LogP contribution in [-0.2, 0) is 4.74 Å². The zero-order valence-corrected chi connectivity index (χ0v) is 12.3. The first-order valence-corrected chi connectivity index (χ1v) is 8.09. The van der Waals surface area contributed by atoms with Gasteiger partial charge in [0.05, 0.1) is 6.54 Å². The number of rotatable bonds is 12. The summed E-state index contributed by atoms with van der Waals surface area (Å²) in [5.41, 5.74) is 0. The minimum Gasteiger partial charge on any atom is -0.479 e. The molecule has 1 aliphatic rings. The number of hydrogen-bond donors (Lipinski definition) is 0. The Morgan fingerprint density at radius 1 is 0.833 bits per heavy atom. The maximum absolute atomic E-state index is 5.39. The number of aliphatic imine (C=N–C) groups is 1. The van der Waals surface area contributed by atoms with Crippen LogP contribution in [0.4, 0.5) is 0 Å². The topological polar surface area (TPSA) is 21.6 Å². The lowest BCUT2D eigenvalue weighted by atomic mass is 10.1. The van der Waals surface area contributed by atoms with E-state index in [-0.39, 0.29) is 0 Å². The van der Waals surface area contributed by atoms with Gasteiger partial charge in [0.1, 0.15) is 6.61 Å². The van der Waals surface area contributed by atoms with E-state index in [2.05, 4.69) is 11.9 Å². The van der Waals surface area contributed by atoms with Crippen molar-refractivity contribution in [3.8, 4) is 0 Å². The highest BCUT2D eigenvalue weighted by Crippen LogP contribution is 2.12. The van der Waals surface area contributed by atoms with E-state index in [1.165, 1.54) is 70.6 Å². The molecule has 0 atom stereocenters. The van der Waals surface area contributed by atoms with E-state index in [1.54, 1.807) is 0 Å². The van der Waals surface area contributed by atoms with Crippen LogP contribution in [0.1, 0.15) is 84.0 Å². The molecule has 0 aromatic heterocycles. The van der Waals surface area contributed by atoms with Gasteiger partial charge in [-0.1, -0.05) is 71.1 Å². The second kappa shape index (κ2) is 11.6. The van der Waals surface area contributed by atoms with Crippen molar-refractivity contribution in [2.24, 2.45) is 4.99 Å². The van der Waals surface area contributed by atoms with Crippen LogP contribution in [0, 0.1) is 0 Å². The van der Waals surface area contributed by atoms with Crippen molar-refractivity contribution >= 4 is 5.90 Å². The maximum Gasteiger partial charge on any atom is 0.183 e. The third-order valence-electron chi connectivity index (χ3n) is 3.64. The van der Waals surface area contributed by atoms with Crippen molar-refractivity contribution in [1.82, 2.24) is 0 Å². The van der Waals surface area contributed by atoms with Crippen LogP contribution in [0.15, 0.2) is 4.99 Å². The molecule has 1 heterocycles. The fraction of sp³-hybridized carbons (Fsp3) is 0.938. The van der Waals surface area contributed by atoms with Gasteiger partial charge >= 0.3 is 0 Å². The number of ether oxygens (including phenoxy) is 1. The quantitative estimate of drug-likeness (QED) is 0.443. The highest BCUT2D eigenvalue weighted by atomic mass is 16.5. The van der Waals surface area contributed by atoms with Crippen LogP contribution >= 0.6 is 0 Å². The molecule has 0 bridgehead atoms. The second-order valence-corrected chi connectivity index (χ2v) is 5.41. The van der Waals surface area contributed by atoms with E-state index in [9.17, 15) is 0 Å². The maximum atomic E-state index is 5.39. The highest BCUT2D eigenvalue weighted by molar-refractivity contribution is 5.77. The lowest BCUT2D eigenvalue weighted by Gasteiger charge is -2.03. The van der Waals surface area contributed by atoms with E-state index < -0.39 is 0 Å². The lowest BCUT2D eigenvalue weighted by Crippen LogP contribution is -1.98. The van der Waals surface area contributed by atoms with Gasteiger partial charge in [0.15, 0.2) is 5.90 Å². The van der Waals surface area contributed by atoms with Gasteiger partial charge in [-0.25, -0.2) is 0 Å². The molecule has 0 amide bonds. The van der Waals surface area contributed by atoms with Crippen molar-refractivity contribution in [2.45, 2.75) is 84.0 Å². The first-order valence-electron chi connectivity index (χ1n) is 8.09. The zero-order valence-electron chi connectivity index (χ0n) is 12.3. The summed E-state index contributed by atoms with van der Waals surface area (Å²) in [4.78, 5) is 4.31. The zero-order chi connectivity index (χ0) is 12.9. The largest absolute Gasteiger partial charge is 0.479 e. The standard InChI is InChI=1S/C16H31NO/c1-2-3-4-5-6-7-8-9-10-11-12-13-16-17-14-15-18-16/h2-15H2,1H3. The SMILES string of the molecule is CCCCCCCCCCCCCC1=NCCO1. The molecule has 18 heavy (non-hydrogen) atoms. The van der Waals surface area contributed by atoms with Crippen molar-refractivity contribution in [3.05, 3.63) is 0 Å². The smallest absolute Gasteiger partial charge is 0.183 e. The van der Waals surface area contributed by atoms with E-state index in [0.717, 1.165) is 25.5 Å². The number of unbranched alkanes of at least 4 members (excludes halogenated alkanes) is 10. The first-order chi connectivity index (χ1) is 8.93. The molecule has 0 unspecified atom stereocenters. The van der Waals surface area contributed by atoms with Gasteiger partial charge in [0.2, 0.25) is 0 Å². The summed E-state index contributed by atoms with van der Waals surface area (Å²) >= 11 is 0. The van der Waals surface area contributed by atoms with Gasteiger partial charge < -0.3 is 4.74 Å². The van der Waals surface area contributed by atoms with E-state index in [0.29, 0.717) is 0 Å². The molecule has 0 aromatic rings. The monoisotopic (exact) mass is 253 g/mol. The Balaban J connectivity index is 1.71. The van der Waals surface area contributed by atoms with Gasteiger partial charge in [0.25, 0.3) is 0 Å². The Kier molecular flexibility index (Phi) is 9.97. The predicted octanol–water partition coefficient (Wildman–Crippen LogP) is 5.12. The second-order valence-electron chi connectivity index (χ2n) is 5.41. The highest BCUT2D eigenvalue weighted by Gasteiger charge is 2.05. The summed E-state index contributed by atoms with van der Waals surface area (Å²) in [5, 5.41) is 0. The van der Waals surface area contributed by atoms with Crippen molar-refractivity contribution < 1.29 is 4.74 Å². The molecule has 0 aromatic carbocycles. The van der Waals surface area contributed by atoms with Gasteiger partial charge in [-0.2, -0.15) is 0 Å². The van der Waals surface area contributed by atoms with Gasteiger partial charge in [-0.15, -0.1) is 0 Å². The molecule has 0 N–H and O–H groups in total. The average Bonchev–Trinajstić information content (AvgIpc) is 2.89. The van der Waals surface area contributed by atoms with Gasteiger partial charge in [-0.3, -0.25) is 4.99 Å². The molecule has 0 aliphatic carbocycles. The third kappa shape index (κ3) is 8.54. The van der Waals surface area contributed by atoms with Crippen molar-refractivity contribution in [1.29, 1.82) is 0 Å². The summed E-state index contributed by atoms with van der Waals surface area (Å²) < 4.78 is 5.39. The van der Waals surface area contributed by atoms with Crippen LogP contribution < -0.4 is 0 Å². The summed E-state index contributed by atoms with van der Waals surface area (Å²) in [7, 11) is 0. The fourth-order valence-corrected chi connectivity index (χ4v) is 2.47. The predicted molar refractivity (Wildman–Crippen MR) is 79.3 cm³/mol. The Bertz CT molecular complexity index is 213. The summed E-state index contributed by atoms with van der Waals surface area (Å²) in [6, 6.07) is 0. The van der Waals surface area contributed by atoms with E-state index in [4.69, 9.17) is 4.74 Å². The summed E-state index contributed by atoms with van der Waals surface area (Å²) in [6.07, 6.45) is 16.5. The van der Waals surface area contributed by atoms with Gasteiger partial charge in [0, 0.05) is 6.42 Å². The van der Waals surface area contributed by atoms with Gasteiger partial charge in [-0.05, 0) is 6.42 Å². The first kappa shape index (κ1) is 15.5. The molecule has 0 saturated heterocycles. The Morgan fingerprint density at radius 2 is 1.39 bits per heavy atom. The van der Waals surface area contributed by atoms with E-state index in [1.807, 2.05) is 0 Å². The minimum atomic E-state index is 0.813. The average molecular weight is 253 g/mol. The molecule has 0 saturated carbocycles. The molecule has 106 valence electrons. The Hall–Kier alpha value is -0.530. The van der Waals surface area contributed by atoms with Crippen LogP contribution in [-0.4, -0.2) is 19.0 Å². The summed E-state index contributed by atoms with van der Waals surface area (Å²) in [6.45, 7) is 3.98. The van der Waals surface area contributed by atoms with Crippen LogP contribution in [0.5, 0.6) is 0 Å². The van der Waals surface area contributed by atoms with Crippen LogP contribution in [0.2, 0.25) is 0 Å². The molecule has 2 heteroatoms. The van der Waals surface area contributed by atoms with E-state index >= 15 is 0 Å². The van der Waals surface area contributed by atoms with Crippen molar-refractivity contribution in [3.63, 3.8) is 0 Å².